The number of ether oxygens (including phenoxy) is 1. The minimum absolute atomic E-state index is 0.0106. The summed E-state index contributed by atoms with van der Waals surface area (Å²) in [6.45, 7) is -0.0106. The summed E-state index contributed by atoms with van der Waals surface area (Å²) < 4.78 is 32.3. The molecular formula is C13H18N2O4S. The molecule has 0 aliphatic carbocycles. The Morgan fingerprint density at radius 1 is 1.40 bits per heavy atom. The SMILES string of the molecule is COc1ccc(C#CCCO)cc1NS(=O)(=O)N(C)C. The van der Waals surface area contributed by atoms with Crippen LogP contribution in [-0.2, 0) is 10.2 Å². The molecule has 2 N–H and O–H groups in total. The molecule has 0 spiro atoms. The van der Waals surface area contributed by atoms with Gasteiger partial charge in [-0.15, -0.1) is 0 Å². The fourth-order valence-corrected chi connectivity index (χ4v) is 1.94. The number of hydrogen-bond acceptors (Lipinski definition) is 4. The van der Waals surface area contributed by atoms with Crippen molar-refractivity contribution in [2.45, 2.75) is 6.42 Å². The van der Waals surface area contributed by atoms with Gasteiger partial charge in [0.2, 0.25) is 0 Å². The van der Waals surface area contributed by atoms with E-state index in [1.807, 2.05) is 0 Å². The highest BCUT2D eigenvalue weighted by molar-refractivity contribution is 7.90. The van der Waals surface area contributed by atoms with Gasteiger partial charge in [0.25, 0.3) is 0 Å². The molecule has 20 heavy (non-hydrogen) atoms. The molecule has 1 rings (SSSR count). The minimum atomic E-state index is -3.61. The Labute approximate surface area is 119 Å². The third kappa shape index (κ3) is 4.42. The normalized spacial score (nSPS) is 10.8. The molecule has 0 amide bonds. The molecular weight excluding hydrogens is 280 g/mol. The van der Waals surface area contributed by atoms with Crippen molar-refractivity contribution in [2.75, 3.05) is 32.5 Å². The van der Waals surface area contributed by atoms with Crippen LogP contribution in [-0.4, -0.2) is 45.6 Å². The molecule has 6 nitrogen and oxygen atoms in total. The van der Waals surface area contributed by atoms with Crippen LogP contribution < -0.4 is 9.46 Å². The van der Waals surface area contributed by atoms with Gasteiger partial charge in [0.05, 0.1) is 19.4 Å². The van der Waals surface area contributed by atoms with Crippen LogP contribution in [0.1, 0.15) is 12.0 Å². The standard InChI is InChI=1S/C13H18N2O4S/c1-15(2)20(17,18)14-12-10-11(6-4-5-9-16)7-8-13(12)19-3/h7-8,10,14,16H,5,9H2,1-3H3. The van der Waals surface area contributed by atoms with Crippen molar-refractivity contribution in [3.05, 3.63) is 23.8 Å². The second-order valence-electron chi connectivity index (χ2n) is 4.08. The van der Waals surface area contributed by atoms with E-state index in [9.17, 15) is 8.42 Å². The molecule has 0 saturated heterocycles. The molecule has 7 heteroatoms. The zero-order valence-electron chi connectivity index (χ0n) is 11.7. The maximum absolute atomic E-state index is 11.8. The summed E-state index contributed by atoms with van der Waals surface area (Å²) in [6.07, 6.45) is 0.366. The molecule has 0 aliphatic heterocycles. The van der Waals surface area contributed by atoms with Gasteiger partial charge in [-0.05, 0) is 18.2 Å². The highest BCUT2D eigenvalue weighted by Crippen LogP contribution is 2.26. The van der Waals surface area contributed by atoms with Crippen molar-refractivity contribution in [1.29, 1.82) is 0 Å². The summed E-state index contributed by atoms with van der Waals surface area (Å²) in [6, 6.07) is 4.94. The fraction of sp³-hybridized carbons (Fsp3) is 0.385. The first kappa shape index (κ1) is 16.3. The summed E-state index contributed by atoms with van der Waals surface area (Å²) in [4.78, 5) is 0. The van der Waals surface area contributed by atoms with E-state index in [0.29, 0.717) is 23.4 Å². The Balaban J connectivity index is 3.11. The Bertz CT molecular complexity index is 615. The Hall–Kier alpha value is -1.75. The molecule has 0 saturated carbocycles. The molecule has 0 aromatic heterocycles. The molecule has 0 aliphatic rings. The van der Waals surface area contributed by atoms with E-state index in [0.717, 1.165) is 4.31 Å². The Morgan fingerprint density at radius 3 is 2.65 bits per heavy atom. The van der Waals surface area contributed by atoms with Crippen molar-refractivity contribution in [1.82, 2.24) is 4.31 Å². The number of benzene rings is 1. The van der Waals surface area contributed by atoms with Gasteiger partial charge < -0.3 is 9.84 Å². The average molecular weight is 298 g/mol. The van der Waals surface area contributed by atoms with Crippen molar-refractivity contribution in [3.8, 4) is 17.6 Å². The summed E-state index contributed by atoms with van der Waals surface area (Å²) in [5.74, 6) is 6.02. The van der Waals surface area contributed by atoms with E-state index in [2.05, 4.69) is 16.6 Å². The smallest absolute Gasteiger partial charge is 0.301 e. The Morgan fingerprint density at radius 2 is 2.10 bits per heavy atom. The van der Waals surface area contributed by atoms with Gasteiger partial charge in [0.15, 0.2) is 0 Å². The third-order valence-electron chi connectivity index (χ3n) is 2.39. The number of aliphatic hydroxyl groups excluding tert-OH is 1. The van der Waals surface area contributed by atoms with Crippen molar-refractivity contribution >= 4 is 15.9 Å². The number of nitrogens with one attached hydrogen (secondary N) is 1. The molecule has 0 bridgehead atoms. The molecule has 0 radical (unpaired) electrons. The predicted molar refractivity (Wildman–Crippen MR) is 77.8 cm³/mol. The van der Waals surface area contributed by atoms with Gasteiger partial charge in [-0.25, -0.2) is 0 Å². The molecule has 0 fully saturated rings. The quantitative estimate of drug-likeness (QED) is 0.782. The minimum Gasteiger partial charge on any atom is -0.495 e. The van der Waals surface area contributed by atoms with Crippen molar-refractivity contribution < 1.29 is 18.3 Å². The number of nitrogens with zero attached hydrogens (tertiary/aromatic N) is 1. The summed E-state index contributed by atoms with van der Waals surface area (Å²) in [7, 11) is 0.708. The molecule has 1 aromatic carbocycles. The lowest BCUT2D eigenvalue weighted by atomic mass is 10.2. The van der Waals surface area contributed by atoms with Crippen LogP contribution in [0.25, 0.3) is 0 Å². The highest BCUT2D eigenvalue weighted by Gasteiger charge is 2.15. The molecule has 0 atom stereocenters. The first-order chi connectivity index (χ1) is 9.40. The van der Waals surface area contributed by atoms with E-state index in [-0.39, 0.29) is 6.61 Å². The second-order valence-corrected chi connectivity index (χ2v) is 5.96. The zero-order chi connectivity index (χ0) is 15.2. The maximum Gasteiger partial charge on any atom is 0.301 e. The van der Waals surface area contributed by atoms with Gasteiger partial charge in [-0.2, -0.15) is 12.7 Å². The maximum atomic E-state index is 11.8. The topological polar surface area (TPSA) is 78.9 Å². The molecule has 0 heterocycles. The Kier molecular flexibility index (Phi) is 5.82. The van der Waals surface area contributed by atoms with Gasteiger partial charge >= 0.3 is 10.2 Å². The lowest BCUT2D eigenvalue weighted by molar-refractivity contribution is 0.305. The lowest BCUT2D eigenvalue weighted by Gasteiger charge is -2.15. The van der Waals surface area contributed by atoms with E-state index in [1.165, 1.54) is 21.2 Å². The predicted octanol–water partition coefficient (Wildman–Crippen LogP) is 0.647. The van der Waals surface area contributed by atoms with E-state index >= 15 is 0 Å². The number of aliphatic hydroxyl groups is 1. The van der Waals surface area contributed by atoms with E-state index < -0.39 is 10.2 Å². The summed E-state index contributed by atoms with van der Waals surface area (Å²) in [5.41, 5.74) is 0.952. The van der Waals surface area contributed by atoms with Gasteiger partial charge in [0.1, 0.15) is 5.75 Å². The lowest BCUT2D eigenvalue weighted by Crippen LogP contribution is -2.29. The van der Waals surface area contributed by atoms with Crippen LogP contribution in [0.2, 0.25) is 0 Å². The fourth-order valence-electron chi connectivity index (χ4n) is 1.32. The van der Waals surface area contributed by atoms with Gasteiger partial charge in [-0.3, -0.25) is 4.72 Å². The first-order valence-electron chi connectivity index (χ1n) is 5.88. The number of methoxy groups -OCH3 is 1. The summed E-state index contributed by atoms with van der Waals surface area (Å²) in [5, 5.41) is 8.68. The second kappa shape index (κ2) is 7.14. The van der Waals surface area contributed by atoms with Gasteiger partial charge in [-0.1, -0.05) is 11.8 Å². The van der Waals surface area contributed by atoms with Crippen molar-refractivity contribution in [3.63, 3.8) is 0 Å². The van der Waals surface area contributed by atoms with Crippen LogP contribution in [0.4, 0.5) is 5.69 Å². The molecule has 1 aromatic rings. The van der Waals surface area contributed by atoms with Crippen LogP contribution in [0, 0.1) is 11.8 Å². The highest BCUT2D eigenvalue weighted by atomic mass is 32.2. The largest absolute Gasteiger partial charge is 0.495 e. The number of anilines is 1. The average Bonchev–Trinajstić information content (AvgIpc) is 2.39. The van der Waals surface area contributed by atoms with Gasteiger partial charge in [0, 0.05) is 26.1 Å². The number of rotatable bonds is 5. The van der Waals surface area contributed by atoms with Crippen LogP contribution >= 0.6 is 0 Å². The zero-order valence-corrected chi connectivity index (χ0v) is 12.5. The monoisotopic (exact) mass is 298 g/mol. The van der Waals surface area contributed by atoms with Crippen LogP contribution in [0.15, 0.2) is 18.2 Å². The van der Waals surface area contributed by atoms with E-state index in [4.69, 9.17) is 9.84 Å². The first-order valence-corrected chi connectivity index (χ1v) is 7.32. The third-order valence-corrected chi connectivity index (χ3v) is 3.83. The van der Waals surface area contributed by atoms with Crippen LogP contribution in [0.5, 0.6) is 5.75 Å². The molecule has 0 unspecified atom stereocenters. The summed E-state index contributed by atoms with van der Waals surface area (Å²) >= 11 is 0. The van der Waals surface area contributed by atoms with Crippen molar-refractivity contribution in [2.24, 2.45) is 0 Å². The number of hydrogen-bond donors (Lipinski definition) is 2. The molecule has 110 valence electrons. The van der Waals surface area contributed by atoms with E-state index in [1.54, 1.807) is 18.2 Å². The van der Waals surface area contributed by atoms with Crippen LogP contribution in [0.3, 0.4) is 0 Å².